The van der Waals surface area contributed by atoms with Gasteiger partial charge >= 0.3 is 0 Å². The van der Waals surface area contributed by atoms with Crippen LogP contribution in [0, 0.1) is 35.8 Å². The Hall–Kier alpha value is -8.32. The third kappa shape index (κ3) is 10.8. The maximum Gasteiger partial charge on any atom is 0.262 e. The summed E-state index contributed by atoms with van der Waals surface area (Å²) in [5, 5.41) is 30.5. The van der Waals surface area contributed by atoms with Crippen LogP contribution in [0.2, 0.25) is 0 Å². The van der Waals surface area contributed by atoms with E-state index in [0.29, 0.717) is 44.5 Å². The Morgan fingerprint density at radius 1 is 0.446 bits per heavy atom. The maximum atomic E-state index is 13.0. The van der Waals surface area contributed by atoms with Crippen LogP contribution in [-0.2, 0) is 45.4 Å². The number of nitrogens with one attached hydrogen (secondary N) is 4. The van der Waals surface area contributed by atoms with Gasteiger partial charge < -0.3 is 21.3 Å². The molecule has 56 heavy (non-hydrogen) atoms. The lowest BCUT2D eigenvalue weighted by Crippen LogP contribution is -2.25. The number of hydrogen-bond acceptors (Lipinski definition) is 6. The maximum absolute atomic E-state index is 13.0. The van der Waals surface area contributed by atoms with Gasteiger partial charge in [-0.25, -0.2) is 9.69 Å². The average molecular weight is 737 g/mol. The second-order valence-corrected chi connectivity index (χ2v) is 12.3. The molecule has 0 spiro atoms. The van der Waals surface area contributed by atoms with Gasteiger partial charge in [-0.05, 0) is 80.9 Å². The van der Waals surface area contributed by atoms with E-state index in [9.17, 15) is 29.7 Å². The summed E-state index contributed by atoms with van der Waals surface area (Å²) in [6, 6.07) is 31.4. The van der Waals surface area contributed by atoms with Crippen molar-refractivity contribution in [3.05, 3.63) is 187 Å². The molecular weight excluding hydrogens is 705 g/mol. The minimum Gasteiger partial charge on any atom is -0.357 e. The Morgan fingerprint density at radius 2 is 0.750 bits per heavy atom. The number of carbonyl (C=O) groups is 4. The highest BCUT2D eigenvalue weighted by atomic mass is 16.2. The summed E-state index contributed by atoms with van der Waals surface area (Å²) in [7, 11) is 0. The van der Waals surface area contributed by atoms with Crippen molar-refractivity contribution in [2.45, 2.75) is 26.2 Å². The van der Waals surface area contributed by atoms with Crippen molar-refractivity contribution in [1.29, 1.82) is 10.5 Å². The van der Waals surface area contributed by atoms with E-state index in [1.54, 1.807) is 97.1 Å². The normalized spacial score (nSPS) is 18.2. The van der Waals surface area contributed by atoms with E-state index in [-0.39, 0.29) is 48.7 Å². The van der Waals surface area contributed by atoms with Crippen molar-refractivity contribution in [2.24, 2.45) is 0 Å². The molecule has 1 heterocycles. The van der Waals surface area contributed by atoms with Gasteiger partial charge in [0.2, 0.25) is 0 Å². The lowest BCUT2D eigenvalue weighted by Gasteiger charge is -2.09. The van der Waals surface area contributed by atoms with Gasteiger partial charge in [0, 0.05) is 26.2 Å². The fraction of sp³-hybridized carbons (Fsp3) is 0.0909. The molecule has 4 aromatic rings. The SMILES string of the molecule is [C-]#[N+]/C1=C\c2cccc(c2)/C=C(\C#N)C(=O)NCc2cccc(c2)CNC(=O)/C([N+]#[C-])=C\c2cccc(c2)/C=C(\C#N)C(=O)NCc2cccc(c2)CNC1=O. The number of fused-ring (bicyclic) bond motifs is 8. The van der Waals surface area contributed by atoms with Crippen LogP contribution in [0.15, 0.2) is 120 Å². The van der Waals surface area contributed by atoms with Crippen LogP contribution in [0.4, 0.5) is 0 Å². The molecule has 5 rings (SSSR count). The zero-order valence-corrected chi connectivity index (χ0v) is 29.8. The van der Waals surface area contributed by atoms with Crippen LogP contribution >= 0.6 is 0 Å². The molecular formula is C44H32N8O4. The Kier molecular flexibility index (Phi) is 13.2. The molecule has 4 amide bonds. The minimum atomic E-state index is -0.610. The number of carbonyl (C=O) groups excluding carboxylic acids is 4. The summed E-state index contributed by atoms with van der Waals surface area (Å²) >= 11 is 0. The van der Waals surface area contributed by atoms with Crippen molar-refractivity contribution in [3.63, 3.8) is 0 Å². The van der Waals surface area contributed by atoms with E-state index in [2.05, 4.69) is 31.0 Å². The Balaban J connectivity index is 1.45. The first kappa shape index (κ1) is 38.9. The van der Waals surface area contributed by atoms with Gasteiger partial charge in [-0.1, -0.05) is 84.9 Å². The molecule has 0 fully saturated rings. The molecule has 272 valence electrons. The standard InChI is InChI=1S/C44H32N8O4/c1-47-39-21-31-9-3-7-29(15-31)19-37(23-45)41(53)50-26-34-12-6-14-36(18-34)28-52-44(56)40(48-2)22-32-10-4-8-30(16-32)20-38(24-46)42(54)49-25-33-11-5-13-35(17-33)27-51-43(39)55/h3-22H,25-28H2,(H,49,54)(H,50,53)(H,51,55)(H,52,56)/b37-19+,38-20+,39-21-,40-22+. The highest BCUT2D eigenvalue weighted by Gasteiger charge is 2.14. The molecule has 12 nitrogen and oxygen atoms in total. The summed E-state index contributed by atoms with van der Waals surface area (Å²) in [6.45, 7) is 15.6. The van der Waals surface area contributed by atoms with Crippen LogP contribution in [0.25, 0.3) is 34.0 Å². The van der Waals surface area contributed by atoms with E-state index in [1.807, 2.05) is 12.1 Å². The first-order valence-electron chi connectivity index (χ1n) is 17.1. The summed E-state index contributed by atoms with van der Waals surface area (Å²) < 4.78 is 0. The number of nitrogens with zero attached hydrogens (tertiary/aromatic N) is 4. The van der Waals surface area contributed by atoms with Crippen LogP contribution in [0.5, 0.6) is 0 Å². The van der Waals surface area contributed by atoms with E-state index >= 15 is 0 Å². The summed E-state index contributed by atoms with van der Waals surface area (Å²) in [4.78, 5) is 58.8. The van der Waals surface area contributed by atoms with Crippen molar-refractivity contribution < 1.29 is 19.2 Å². The molecule has 0 atom stereocenters. The van der Waals surface area contributed by atoms with Crippen molar-refractivity contribution in [2.75, 3.05) is 0 Å². The molecule has 12 heteroatoms. The molecule has 0 unspecified atom stereocenters. The summed E-state index contributed by atoms with van der Waals surface area (Å²) in [5.74, 6) is -2.44. The van der Waals surface area contributed by atoms with Gasteiger partial charge in [-0.3, -0.25) is 19.2 Å². The zero-order valence-electron chi connectivity index (χ0n) is 29.8. The number of nitriles is 2. The predicted octanol–water partition coefficient (Wildman–Crippen LogP) is 5.60. The monoisotopic (exact) mass is 736 g/mol. The third-order valence-electron chi connectivity index (χ3n) is 8.28. The number of benzene rings is 4. The molecule has 1 aliphatic rings. The van der Waals surface area contributed by atoms with Crippen LogP contribution in [0.1, 0.15) is 44.5 Å². The summed E-state index contributed by atoms with van der Waals surface area (Å²) in [6.07, 6.45) is 5.63. The molecule has 1 aliphatic heterocycles. The largest absolute Gasteiger partial charge is 0.357 e. The highest BCUT2D eigenvalue weighted by Crippen LogP contribution is 2.17. The van der Waals surface area contributed by atoms with Gasteiger partial charge in [0.05, 0.1) is 13.1 Å². The van der Waals surface area contributed by atoms with Gasteiger partial charge in [0.25, 0.3) is 35.0 Å². The molecule has 4 N–H and O–H groups in total. The van der Waals surface area contributed by atoms with E-state index in [0.717, 1.165) is 0 Å². The zero-order chi connectivity index (χ0) is 39.9. The third-order valence-corrected chi connectivity index (χ3v) is 8.28. The van der Waals surface area contributed by atoms with E-state index in [1.165, 1.54) is 24.3 Å². The fourth-order valence-electron chi connectivity index (χ4n) is 5.52. The Morgan fingerprint density at radius 3 is 1.07 bits per heavy atom. The van der Waals surface area contributed by atoms with Crippen molar-refractivity contribution in [3.8, 4) is 12.1 Å². The van der Waals surface area contributed by atoms with Crippen molar-refractivity contribution in [1.82, 2.24) is 21.3 Å². The number of amides is 4. The average Bonchev–Trinajstić information content (AvgIpc) is 3.22. The van der Waals surface area contributed by atoms with Crippen LogP contribution in [-0.4, -0.2) is 23.6 Å². The molecule has 4 aromatic carbocycles. The number of hydrogen-bond donors (Lipinski definition) is 4. The Bertz CT molecular complexity index is 2190. The second-order valence-electron chi connectivity index (χ2n) is 12.3. The smallest absolute Gasteiger partial charge is 0.262 e. The number of rotatable bonds is 0. The van der Waals surface area contributed by atoms with Gasteiger partial charge in [0.15, 0.2) is 0 Å². The van der Waals surface area contributed by atoms with E-state index < -0.39 is 23.6 Å². The lowest BCUT2D eigenvalue weighted by molar-refractivity contribution is -0.118. The topological polar surface area (TPSA) is 173 Å². The van der Waals surface area contributed by atoms with Crippen molar-refractivity contribution >= 4 is 47.9 Å². The highest BCUT2D eigenvalue weighted by molar-refractivity contribution is 6.03. The lowest BCUT2D eigenvalue weighted by atomic mass is 10.1. The predicted molar refractivity (Wildman–Crippen MR) is 209 cm³/mol. The first-order valence-corrected chi connectivity index (χ1v) is 17.1. The van der Waals surface area contributed by atoms with Crippen LogP contribution < -0.4 is 21.3 Å². The quantitative estimate of drug-likeness (QED) is 0.171. The second kappa shape index (κ2) is 19.0. The minimum absolute atomic E-state index is 0.0867. The van der Waals surface area contributed by atoms with Gasteiger partial charge in [0.1, 0.15) is 23.3 Å². The first-order chi connectivity index (χ1) is 27.2. The molecule has 0 aliphatic carbocycles. The molecule has 0 saturated carbocycles. The van der Waals surface area contributed by atoms with E-state index in [4.69, 9.17) is 13.1 Å². The fourth-order valence-corrected chi connectivity index (χ4v) is 5.52. The molecule has 8 bridgehead atoms. The summed E-state index contributed by atoms with van der Waals surface area (Å²) in [5.41, 5.74) is 4.16. The van der Waals surface area contributed by atoms with Gasteiger partial charge in [-0.2, -0.15) is 10.5 Å². The Labute approximate surface area is 323 Å². The molecule has 0 radical (unpaired) electrons. The van der Waals surface area contributed by atoms with Crippen LogP contribution in [0.3, 0.4) is 0 Å². The molecule has 0 saturated heterocycles. The van der Waals surface area contributed by atoms with Gasteiger partial charge in [-0.15, -0.1) is 0 Å². The molecule has 0 aromatic heterocycles.